The number of benzene rings is 1. The fourth-order valence-corrected chi connectivity index (χ4v) is 2.96. The average molecular weight is 274 g/mol. The summed E-state index contributed by atoms with van der Waals surface area (Å²) < 4.78 is 15.7. The molecule has 0 bridgehead atoms. The minimum Gasteiger partial charge on any atom is -0.507 e. The molecule has 20 heavy (non-hydrogen) atoms. The Labute approximate surface area is 117 Å². The molecule has 0 unspecified atom stereocenters. The van der Waals surface area contributed by atoms with Gasteiger partial charge in [-0.3, -0.25) is 0 Å². The van der Waals surface area contributed by atoms with Crippen LogP contribution < -0.4 is 5.32 Å². The van der Waals surface area contributed by atoms with Crippen LogP contribution in [0, 0.1) is 5.82 Å². The van der Waals surface area contributed by atoms with E-state index in [0.717, 1.165) is 42.3 Å². The molecule has 2 saturated carbocycles. The Morgan fingerprint density at radius 1 is 1.25 bits per heavy atom. The molecule has 1 heterocycles. The van der Waals surface area contributed by atoms with Crippen LogP contribution in [-0.2, 0) is 6.42 Å². The summed E-state index contributed by atoms with van der Waals surface area (Å²) in [6.45, 7) is 0.922. The molecule has 0 amide bonds. The van der Waals surface area contributed by atoms with Gasteiger partial charge in [0, 0.05) is 29.7 Å². The highest BCUT2D eigenvalue weighted by molar-refractivity contribution is 5.90. The summed E-state index contributed by atoms with van der Waals surface area (Å²) in [5, 5.41) is 14.4. The van der Waals surface area contributed by atoms with Crippen LogP contribution in [-0.4, -0.2) is 22.3 Å². The summed E-state index contributed by atoms with van der Waals surface area (Å²) >= 11 is 0. The Kier molecular flexibility index (Phi) is 2.74. The molecule has 1 aromatic carbocycles. The van der Waals surface area contributed by atoms with E-state index < -0.39 is 0 Å². The molecule has 2 aliphatic carbocycles. The Hall–Kier alpha value is -1.55. The minimum atomic E-state index is -0.363. The second-order valence-electron chi connectivity index (χ2n) is 6.09. The van der Waals surface area contributed by atoms with E-state index in [4.69, 9.17) is 0 Å². The zero-order chi connectivity index (χ0) is 13.7. The Morgan fingerprint density at radius 3 is 2.75 bits per heavy atom. The number of phenolic OH excluding ortho intramolecular Hbond substituents is 1. The Balaban J connectivity index is 1.70. The number of fused-ring (bicyclic) bond motifs is 1. The summed E-state index contributed by atoms with van der Waals surface area (Å²) in [4.78, 5) is 0. The average Bonchev–Trinajstić information content (AvgIpc) is 3.29. The summed E-state index contributed by atoms with van der Waals surface area (Å²) in [7, 11) is 0. The second kappa shape index (κ2) is 4.48. The zero-order valence-corrected chi connectivity index (χ0v) is 11.4. The maximum Gasteiger partial charge on any atom is 0.129 e. The van der Waals surface area contributed by atoms with E-state index in [1.54, 1.807) is 6.07 Å². The lowest BCUT2D eigenvalue weighted by molar-refractivity contribution is 0.475. The molecule has 4 rings (SSSR count). The van der Waals surface area contributed by atoms with Crippen LogP contribution >= 0.6 is 0 Å². The first-order valence-corrected chi connectivity index (χ1v) is 7.47. The van der Waals surface area contributed by atoms with Crippen LogP contribution in [0.2, 0.25) is 0 Å². The third-order valence-electron chi connectivity index (χ3n) is 4.30. The molecule has 2 aromatic rings. The molecule has 2 aliphatic rings. The molecular weight excluding hydrogens is 255 g/mol. The summed E-state index contributed by atoms with van der Waals surface area (Å²) in [6.07, 6.45) is 7.85. The number of phenols is 1. The fourth-order valence-electron chi connectivity index (χ4n) is 2.96. The number of rotatable bonds is 5. The van der Waals surface area contributed by atoms with Crippen molar-refractivity contribution in [2.24, 2.45) is 0 Å². The highest BCUT2D eigenvalue weighted by Gasteiger charge is 2.27. The van der Waals surface area contributed by atoms with Gasteiger partial charge in [-0.2, -0.15) is 0 Å². The summed E-state index contributed by atoms with van der Waals surface area (Å²) in [6, 6.07) is 3.95. The van der Waals surface area contributed by atoms with Crippen molar-refractivity contribution in [3.8, 4) is 5.75 Å². The molecule has 0 aliphatic heterocycles. The standard InChI is InChI=1S/C16H19FN2O/c17-11-7-14-16(15(20)8-11)10(5-6-18-12-1-2-12)9-19(14)13-3-4-13/h7-9,12-13,18,20H,1-6H2. The molecule has 1 aromatic heterocycles. The van der Waals surface area contributed by atoms with Gasteiger partial charge in [0.1, 0.15) is 11.6 Å². The van der Waals surface area contributed by atoms with Gasteiger partial charge in [-0.05, 0) is 50.3 Å². The predicted molar refractivity (Wildman–Crippen MR) is 76.6 cm³/mol. The van der Waals surface area contributed by atoms with Gasteiger partial charge in [0.2, 0.25) is 0 Å². The largest absolute Gasteiger partial charge is 0.507 e. The van der Waals surface area contributed by atoms with E-state index in [9.17, 15) is 9.50 Å². The lowest BCUT2D eigenvalue weighted by Crippen LogP contribution is -2.19. The number of nitrogens with one attached hydrogen (secondary N) is 1. The van der Waals surface area contributed by atoms with Crippen LogP contribution in [0.3, 0.4) is 0 Å². The fraction of sp³-hybridized carbons (Fsp3) is 0.500. The normalized spacial score (nSPS) is 18.9. The van der Waals surface area contributed by atoms with E-state index >= 15 is 0 Å². The van der Waals surface area contributed by atoms with Crippen LogP contribution in [0.15, 0.2) is 18.3 Å². The van der Waals surface area contributed by atoms with Crippen LogP contribution in [0.4, 0.5) is 4.39 Å². The summed E-state index contributed by atoms with van der Waals surface area (Å²) in [5.74, 6) is -0.293. The highest BCUT2D eigenvalue weighted by Crippen LogP contribution is 2.41. The highest BCUT2D eigenvalue weighted by atomic mass is 19.1. The molecule has 3 nitrogen and oxygen atoms in total. The third-order valence-corrected chi connectivity index (χ3v) is 4.30. The smallest absolute Gasteiger partial charge is 0.129 e. The van der Waals surface area contributed by atoms with Gasteiger partial charge >= 0.3 is 0 Å². The first kappa shape index (κ1) is 12.2. The Morgan fingerprint density at radius 2 is 2.05 bits per heavy atom. The number of hydrogen-bond donors (Lipinski definition) is 2. The number of aromatic nitrogens is 1. The Bertz CT molecular complexity index is 656. The van der Waals surface area contributed by atoms with Gasteiger partial charge in [0.05, 0.1) is 5.52 Å². The van der Waals surface area contributed by atoms with Gasteiger partial charge in [0.25, 0.3) is 0 Å². The van der Waals surface area contributed by atoms with Gasteiger partial charge in [0.15, 0.2) is 0 Å². The maximum atomic E-state index is 13.6. The van der Waals surface area contributed by atoms with E-state index in [1.807, 2.05) is 0 Å². The van der Waals surface area contributed by atoms with Crippen molar-refractivity contribution in [1.29, 1.82) is 0 Å². The monoisotopic (exact) mass is 274 g/mol. The first-order valence-electron chi connectivity index (χ1n) is 7.47. The van der Waals surface area contributed by atoms with Crippen LogP contribution in [0.1, 0.15) is 37.3 Å². The molecule has 0 radical (unpaired) electrons. The van der Waals surface area contributed by atoms with Crippen LogP contribution in [0.25, 0.3) is 10.9 Å². The molecular formula is C16H19FN2O. The topological polar surface area (TPSA) is 37.2 Å². The molecule has 2 N–H and O–H groups in total. The lowest BCUT2D eigenvalue weighted by atomic mass is 10.1. The number of nitrogens with zero attached hydrogens (tertiary/aromatic N) is 1. The van der Waals surface area contributed by atoms with Crippen molar-refractivity contribution in [2.75, 3.05) is 6.54 Å². The van der Waals surface area contributed by atoms with E-state index in [1.165, 1.54) is 18.9 Å². The zero-order valence-electron chi connectivity index (χ0n) is 11.4. The molecule has 4 heteroatoms. The van der Waals surface area contributed by atoms with E-state index in [2.05, 4.69) is 16.1 Å². The van der Waals surface area contributed by atoms with E-state index in [0.29, 0.717) is 12.1 Å². The molecule has 2 fully saturated rings. The maximum absolute atomic E-state index is 13.6. The number of halogens is 1. The quantitative estimate of drug-likeness (QED) is 0.879. The van der Waals surface area contributed by atoms with Crippen molar-refractivity contribution < 1.29 is 9.50 Å². The first-order chi connectivity index (χ1) is 9.72. The van der Waals surface area contributed by atoms with Crippen molar-refractivity contribution in [1.82, 2.24) is 9.88 Å². The van der Waals surface area contributed by atoms with E-state index in [-0.39, 0.29) is 11.6 Å². The molecule has 0 atom stereocenters. The lowest BCUT2D eigenvalue weighted by Gasteiger charge is -2.04. The van der Waals surface area contributed by atoms with Crippen molar-refractivity contribution in [2.45, 2.75) is 44.2 Å². The second-order valence-corrected chi connectivity index (χ2v) is 6.09. The third kappa shape index (κ3) is 2.18. The minimum absolute atomic E-state index is 0.0702. The summed E-state index contributed by atoms with van der Waals surface area (Å²) in [5.41, 5.74) is 1.96. The predicted octanol–water partition coefficient (Wildman–Crippen LogP) is 3.12. The number of aromatic hydroxyl groups is 1. The van der Waals surface area contributed by atoms with Gasteiger partial charge in [-0.15, -0.1) is 0 Å². The van der Waals surface area contributed by atoms with Crippen molar-refractivity contribution >= 4 is 10.9 Å². The SMILES string of the molecule is Oc1cc(F)cc2c1c(CCNC1CC1)cn2C1CC1. The molecule has 0 saturated heterocycles. The van der Waals surface area contributed by atoms with Gasteiger partial charge < -0.3 is 15.0 Å². The van der Waals surface area contributed by atoms with Crippen molar-refractivity contribution in [3.63, 3.8) is 0 Å². The van der Waals surface area contributed by atoms with Gasteiger partial charge in [-0.1, -0.05) is 0 Å². The van der Waals surface area contributed by atoms with Crippen LogP contribution in [0.5, 0.6) is 5.75 Å². The molecule has 0 spiro atoms. The molecule has 106 valence electrons. The number of hydrogen-bond acceptors (Lipinski definition) is 2. The van der Waals surface area contributed by atoms with Crippen molar-refractivity contribution in [3.05, 3.63) is 29.7 Å². The van der Waals surface area contributed by atoms with Gasteiger partial charge in [-0.25, -0.2) is 4.39 Å².